The predicted octanol–water partition coefficient (Wildman–Crippen LogP) is 8.67. The first kappa shape index (κ1) is 35.2. The van der Waals surface area contributed by atoms with Crippen molar-refractivity contribution in [1.82, 2.24) is 0 Å². The molecule has 0 spiro atoms. The summed E-state index contributed by atoms with van der Waals surface area (Å²) in [4.78, 5) is 1.06. The number of aliphatic hydroxyl groups is 1. The number of ether oxygens (including phenoxy) is 1. The van der Waals surface area contributed by atoms with Gasteiger partial charge in [0.25, 0.3) is 0 Å². The van der Waals surface area contributed by atoms with E-state index < -0.39 is 48.7 Å². The monoisotopic (exact) mass is 614 g/mol. The maximum atomic E-state index is 11.9. The first-order valence-electron chi connectivity index (χ1n) is 14.4. The number of hydrogen-bond donors (Lipinski definition) is 1. The topological polar surface area (TPSA) is 57.2 Å². The Balaban J connectivity index is 2.57. The molecule has 0 saturated carbocycles. The summed E-state index contributed by atoms with van der Waals surface area (Å²) in [6.45, 7) is 34.2. The Bertz CT molecular complexity index is 919. The van der Waals surface area contributed by atoms with Crippen molar-refractivity contribution in [3.8, 4) is 0 Å². The van der Waals surface area contributed by atoms with E-state index in [-0.39, 0.29) is 21.2 Å². The molecule has 1 fully saturated rings. The molecule has 226 valence electrons. The van der Waals surface area contributed by atoms with Crippen molar-refractivity contribution < 1.29 is 23.1 Å². The average molecular weight is 615 g/mol. The van der Waals surface area contributed by atoms with Crippen LogP contribution in [0.2, 0.25) is 54.4 Å². The quantitative estimate of drug-likeness (QED) is 0.281. The molecule has 5 nitrogen and oxygen atoms in total. The SMILES string of the molecule is CC(C)(C)[Si](C)(C)OC[C@H]1O[C@H](Sc2ccccc2)[C@H](O)[C@@H](O[Si](C)(C)C(C)(C)C)[C@@H]1O[Si](C)(C)C(C)(C)C. The summed E-state index contributed by atoms with van der Waals surface area (Å²) in [6.07, 6.45) is -2.13. The summed E-state index contributed by atoms with van der Waals surface area (Å²) in [5.74, 6) is 0. The smallest absolute Gasteiger partial charge is 0.192 e. The highest BCUT2D eigenvalue weighted by Gasteiger charge is 2.54. The zero-order chi connectivity index (χ0) is 30.2. The zero-order valence-corrected chi connectivity index (χ0v) is 31.3. The van der Waals surface area contributed by atoms with Crippen LogP contribution in [0.1, 0.15) is 62.3 Å². The van der Waals surface area contributed by atoms with Gasteiger partial charge in [0.05, 0.1) is 6.61 Å². The molecule has 0 unspecified atom stereocenters. The molecular weight excluding hydrogens is 557 g/mol. The van der Waals surface area contributed by atoms with Gasteiger partial charge in [-0.1, -0.05) is 92.3 Å². The van der Waals surface area contributed by atoms with Crippen LogP contribution in [0, 0.1) is 0 Å². The molecule has 1 aromatic rings. The van der Waals surface area contributed by atoms with E-state index in [1.165, 1.54) is 0 Å². The Hall–Kier alpha value is 0.0206. The van der Waals surface area contributed by atoms with Gasteiger partial charge in [-0.25, -0.2) is 0 Å². The fourth-order valence-corrected chi connectivity index (χ4v) is 8.29. The molecule has 0 aromatic heterocycles. The van der Waals surface area contributed by atoms with Gasteiger partial charge in [0, 0.05) is 4.90 Å². The molecule has 1 N–H and O–H groups in total. The first-order valence-corrected chi connectivity index (χ1v) is 24.0. The van der Waals surface area contributed by atoms with E-state index in [9.17, 15) is 5.11 Å². The van der Waals surface area contributed by atoms with E-state index in [1.54, 1.807) is 11.8 Å². The lowest BCUT2D eigenvalue weighted by Gasteiger charge is -2.52. The summed E-state index contributed by atoms with van der Waals surface area (Å²) in [5, 5.41) is 12.0. The van der Waals surface area contributed by atoms with Gasteiger partial charge in [-0.15, -0.1) is 0 Å². The maximum Gasteiger partial charge on any atom is 0.192 e. The largest absolute Gasteiger partial charge is 0.414 e. The fraction of sp³-hybridized carbons (Fsp3) is 0.800. The normalized spacial score (nSPS) is 26.1. The van der Waals surface area contributed by atoms with E-state index in [0.717, 1.165) is 4.90 Å². The van der Waals surface area contributed by atoms with Crippen LogP contribution in [0.3, 0.4) is 0 Å². The third-order valence-electron chi connectivity index (χ3n) is 9.50. The van der Waals surface area contributed by atoms with Crippen LogP contribution in [-0.4, -0.2) is 66.5 Å². The molecule has 5 atom stereocenters. The molecule has 0 aliphatic carbocycles. The third kappa shape index (κ3) is 8.77. The lowest BCUT2D eigenvalue weighted by atomic mass is 10.0. The van der Waals surface area contributed by atoms with Crippen molar-refractivity contribution in [1.29, 1.82) is 0 Å². The number of thioether (sulfide) groups is 1. The van der Waals surface area contributed by atoms with E-state index in [2.05, 4.69) is 114 Å². The lowest BCUT2D eigenvalue weighted by molar-refractivity contribution is -0.195. The van der Waals surface area contributed by atoms with Gasteiger partial charge in [-0.3, -0.25) is 0 Å². The van der Waals surface area contributed by atoms with Crippen LogP contribution in [0.5, 0.6) is 0 Å². The minimum absolute atomic E-state index is 0.0000489. The minimum atomic E-state index is -2.26. The molecule has 0 radical (unpaired) electrons. The van der Waals surface area contributed by atoms with Gasteiger partial charge in [-0.05, 0) is 66.5 Å². The second-order valence-corrected chi connectivity index (χ2v) is 31.2. The van der Waals surface area contributed by atoms with Gasteiger partial charge in [0.15, 0.2) is 25.0 Å². The van der Waals surface area contributed by atoms with Crippen molar-refractivity contribution >= 4 is 36.7 Å². The Labute approximate surface area is 247 Å². The van der Waals surface area contributed by atoms with E-state index in [4.69, 9.17) is 18.0 Å². The van der Waals surface area contributed by atoms with Crippen LogP contribution < -0.4 is 0 Å². The zero-order valence-electron chi connectivity index (χ0n) is 27.5. The van der Waals surface area contributed by atoms with E-state index in [0.29, 0.717) is 6.61 Å². The summed E-state index contributed by atoms with van der Waals surface area (Å²) in [6, 6.07) is 10.2. The second kappa shape index (κ2) is 12.3. The van der Waals surface area contributed by atoms with Crippen LogP contribution in [0.25, 0.3) is 0 Å². The fourth-order valence-electron chi connectivity index (χ4n) is 3.58. The molecule has 1 aromatic carbocycles. The standard InChI is InChI=1S/C30H58O5SSi3/c1-28(2,3)37(10,11)32-21-23-25(34-38(12,13)29(4,5)6)26(35-39(14,15)30(7,8)9)24(31)27(33-23)36-22-19-17-16-18-20-22/h16-20,23-27,31H,21H2,1-15H3/t23-,24-,25-,26-,27-/m1/s1. The van der Waals surface area contributed by atoms with E-state index >= 15 is 0 Å². The molecule has 1 aliphatic rings. The lowest BCUT2D eigenvalue weighted by Crippen LogP contribution is -2.65. The number of rotatable bonds is 9. The molecule has 0 bridgehead atoms. The molecule has 0 amide bonds. The highest BCUT2D eigenvalue weighted by atomic mass is 32.2. The van der Waals surface area contributed by atoms with Crippen molar-refractivity contribution in [2.75, 3.05) is 6.61 Å². The highest BCUT2D eigenvalue weighted by Crippen LogP contribution is 2.45. The first-order chi connectivity index (χ1) is 17.4. The average Bonchev–Trinajstić information content (AvgIpc) is 2.75. The third-order valence-corrected chi connectivity index (χ3v) is 24.1. The number of benzene rings is 1. The van der Waals surface area contributed by atoms with Crippen LogP contribution in [0.15, 0.2) is 35.2 Å². The summed E-state index contributed by atoms with van der Waals surface area (Å²) in [5.41, 5.74) is -0.491. The highest BCUT2D eigenvalue weighted by molar-refractivity contribution is 7.99. The Morgan fingerprint density at radius 3 is 1.59 bits per heavy atom. The molecule has 9 heteroatoms. The van der Waals surface area contributed by atoms with Crippen LogP contribution in [0.4, 0.5) is 0 Å². The second-order valence-electron chi connectivity index (χ2n) is 15.7. The van der Waals surface area contributed by atoms with Crippen molar-refractivity contribution in [3.63, 3.8) is 0 Å². The van der Waals surface area contributed by atoms with E-state index in [1.807, 2.05) is 18.2 Å². The van der Waals surface area contributed by atoms with Crippen molar-refractivity contribution in [2.45, 2.75) is 151 Å². The molecular formula is C30H58O5SSi3. The number of hydrogen-bond acceptors (Lipinski definition) is 6. The van der Waals surface area contributed by atoms with Gasteiger partial charge in [0.1, 0.15) is 29.9 Å². The molecule has 1 aliphatic heterocycles. The van der Waals surface area contributed by atoms with Gasteiger partial charge < -0.3 is 23.1 Å². The Morgan fingerprint density at radius 2 is 1.15 bits per heavy atom. The minimum Gasteiger partial charge on any atom is -0.414 e. The molecule has 2 rings (SSSR count). The summed E-state index contributed by atoms with van der Waals surface area (Å²) >= 11 is 1.55. The van der Waals surface area contributed by atoms with Gasteiger partial charge >= 0.3 is 0 Å². The number of aliphatic hydroxyl groups excluding tert-OH is 1. The van der Waals surface area contributed by atoms with Crippen molar-refractivity contribution in [2.24, 2.45) is 0 Å². The maximum absolute atomic E-state index is 11.9. The molecule has 1 heterocycles. The predicted molar refractivity (Wildman–Crippen MR) is 174 cm³/mol. The van der Waals surface area contributed by atoms with Crippen LogP contribution in [-0.2, 0) is 18.0 Å². The summed E-state index contributed by atoms with van der Waals surface area (Å²) < 4.78 is 27.7. The van der Waals surface area contributed by atoms with Crippen LogP contribution >= 0.6 is 11.8 Å². The van der Waals surface area contributed by atoms with Crippen molar-refractivity contribution in [3.05, 3.63) is 30.3 Å². The van der Waals surface area contributed by atoms with Gasteiger partial charge in [0.2, 0.25) is 0 Å². The Morgan fingerprint density at radius 1 is 0.718 bits per heavy atom. The molecule has 1 saturated heterocycles. The van der Waals surface area contributed by atoms with Gasteiger partial charge in [-0.2, -0.15) is 0 Å². The Kier molecular flexibility index (Phi) is 11.1. The molecule has 39 heavy (non-hydrogen) atoms. The summed E-state index contributed by atoms with van der Waals surface area (Å²) in [7, 11) is -6.55.